The van der Waals surface area contributed by atoms with E-state index in [4.69, 9.17) is 9.15 Å². The molecular weight excluding hydrogens is 386 g/mol. The van der Waals surface area contributed by atoms with Crippen LogP contribution in [0, 0.1) is 6.92 Å². The summed E-state index contributed by atoms with van der Waals surface area (Å²) < 4.78 is 12.0. The van der Waals surface area contributed by atoms with Gasteiger partial charge >= 0.3 is 5.76 Å². The highest BCUT2D eigenvalue weighted by atomic mass is 16.5. The number of carbonyl (C=O) groups is 2. The second-order valence-electron chi connectivity index (χ2n) is 7.40. The molecule has 158 valence electrons. The van der Waals surface area contributed by atoms with Crippen LogP contribution in [0.25, 0.3) is 11.1 Å². The van der Waals surface area contributed by atoms with Crippen LogP contribution in [0.4, 0.5) is 0 Å². The molecule has 0 aliphatic carbocycles. The summed E-state index contributed by atoms with van der Waals surface area (Å²) in [6.07, 6.45) is 0. The van der Waals surface area contributed by atoms with Crippen LogP contribution in [0.5, 0.6) is 5.75 Å². The molecule has 0 saturated carbocycles. The van der Waals surface area contributed by atoms with Gasteiger partial charge in [-0.3, -0.25) is 25.0 Å². The first-order chi connectivity index (χ1) is 14.3. The number of oxazole rings is 1. The van der Waals surface area contributed by atoms with Crippen LogP contribution in [0.15, 0.2) is 51.7 Å². The number of rotatable bonds is 6. The molecule has 3 rings (SSSR count). The number of aromatic nitrogens is 1. The number of fused-ring (bicyclic) bond motifs is 1. The highest BCUT2D eigenvalue weighted by Crippen LogP contribution is 2.27. The fourth-order valence-electron chi connectivity index (χ4n) is 3.13. The van der Waals surface area contributed by atoms with Crippen molar-refractivity contribution in [2.45, 2.75) is 39.7 Å². The van der Waals surface area contributed by atoms with E-state index in [1.54, 1.807) is 31.2 Å². The molecule has 2 amide bonds. The Hall–Kier alpha value is -3.55. The van der Waals surface area contributed by atoms with Crippen molar-refractivity contribution in [1.82, 2.24) is 15.4 Å². The summed E-state index contributed by atoms with van der Waals surface area (Å²) in [5.41, 5.74) is 7.55. The van der Waals surface area contributed by atoms with Crippen molar-refractivity contribution >= 4 is 22.9 Å². The van der Waals surface area contributed by atoms with E-state index in [-0.39, 0.29) is 12.5 Å². The van der Waals surface area contributed by atoms with Crippen LogP contribution in [0.3, 0.4) is 0 Å². The summed E-state index contributed by atoms with van der Waals surface area (Å²) in [4.78, 5) is 36.7. The van der Waals surface area contributed by atoms with Crippen LogP contribution in [0.1, 0.15) is 43.9 Å². The smallest absolute Gasteiger partial charge is 0.420 e. The van der Waals surface area contributed by atoms with Crippen molar-refractivity contribution in [2.75, 3.05) is 6.61 Å². The van der Waals surface area contributed by atoms with Crippen LogP contribution in [-0.4, -0.2) is 23.0 Å². The summed E-state index contributed by atoms with van der Waals surface area (Å²) in [6.45, 7) is 7.32. The third kappa shape index (κ3) is 4.53. The molecular formula is C22H25N3O5. The zero-order chi connectivity index (χ0) is 21.8. The Morgan fingerprint density at radius 2 is 1.83 bits per heavy atom. The zero-order valence-corrected chi connectivity index (χ0v) is 17.4. The highest BCUT2D eigenvalue weighted by molar-refractivity contribution is 5.86. The molecule has 0 aliphatic heterocycles. The number of para-hydroxylation sites is 2. The average Bonchev–Trinajstić information content (AvgIpc) is 3.05. The van der Waals surface area contributed by atoms with Crippen molar-refractivity contribution in [3.05, 3.63) is 64.1 Å². The number of ether oxygens (including phenoxy) is 1. The van der Waals surface area contributed by atoms with Gasteiger partial charge in [0, 0.05) is 0 Å². The van der Waals surface area contributed by atoms with E-state index in [9.17, 15) is 14.4 Å². The first-order valence-corrected chi connectivity index (χ1v) is 9.70. The van der Waals surface area contributed by atoms with E-state index in [1.807, 2.05) is 39.0 Å². The lowest BCUT2D eigenvalue weighted by Gasteiger charge is -2.16. The molecule has 0 fully saturated rings. The maximum atomic E-state index is 12.4. The molecule has 1 heterocycles. The summed E-state index contributed by atoms with van der Waals surface area (Å²) in [7, 11) is 0. The van der Waals surface area contributed by atoms with Gasteiger partial charge in [0.05, 0.1) is 5.52 Å². The molecule has 8 nitrogen and oxygen atoms in total. The van der Waals surface area contributed by atoms with Gasteiger partial charge in [0.15, 0.2) is 12.2 Å². The Kier molecular flexibility index (Phi) is 6.25. The molecule has 0 radical (unpaired) electrons. The number of hydrogen-bond acceptors (Lipinski definition) is 5. The topological polar surface area (TPSA) is 103 Å². The Labute approximate surface area is 173 Å². The van der Waals surface area contributed by atoms with Gasteiger partial charge in [-0.05, 0) is 49.1 Å². The second kappa shape index (κ2) is 8.86. The average molecular weight is 411 g/mol. The van der Waals surface area contributed by atoms with Crippen LogP contribution >= 0.6 is 0 Å². The van der Waals surface area contributed by atoms with Crippen LogP contribution in [0.2, 0.25) is 0 Å². The standard InChI is InChI=1S/C22H25N3O5/c1-13(2)16-10-9-14(3)11-19(16)29-12-20(26)23-24-21(27)15(4)25-17-7-5-6-8-18(17)30-22(25)28/h5-11,13,15H,12H2,1-4H3,(H,23,26)(H,24,27). The predicted octanol–water partition coefficient (Wildman–Crippen LogP) is 2.81. The Morgan fingerprint density at radius 1 is 1.10 bits per heavy atom. The third-order valence-corrected chi connectivity index (χ3v) is 4.76. The number of amides is 2. The minimum absolute atomic E-state index is 0.243. The van der Waals surface area contributed by atoms with Crippen molar-refractivity contribution in [3.8, 4) is 5.75 Å². The number of hydrazine groups is 1. The highest BCUT2D eigenvalue weighted by Gasteiger charge is 2.21. The number of nitrogens with one attached hydrogen (secondary N) is 2. The van der Waals surface area contributed by atoms with Gasteiger partial charge in [0.25, 0.3) is 11.8 Å². The number of carbonyl (C=O) groups excluding carboxylic acids is 2. The fraction of sp³-hybridized carbons (Fsp3) is 0.318. The van der Waals surface area contributed by atoms with Crippen LogP contribution in [-0.2, 0) is 9.59 Å². The molecule has 0 saturated heterocycles. The van der Waals surface area contributed by atoms with Gasteiger partial charge in [0.2, 0.25) is 0 Å². The Bertz CT molecular complexity index is 1130. The minimum Gasteiger partial charge on any atom is -0.483 e. The van der Waals surface area contributed by atoms with Gasteiger partial charge in [-0.15, -0.1) is 0 Å². The second-order valence-corrected chi connectivity index (χ2v) is 7.40. The molecule has 1 aromatic heterocycles. The van der Waals surface area contributed by atoms with Crippen LogP contribution < -0.4 is 21.3 Å². The molecule has 1 atom stereocenters. The largest absolute Gasteiger partial charge is 0.483 e. The summed E-state index contributed by atoms with van der Waals surface area (Å²) in [5.74, 6) is -0.843. The number of hydrogen-bond donors (Lipinski definition) is 2. The monoisotopic (exact) mass is 411 g/mol. The molecule has 3 aromatic rings. The molecule has 1 unspecified atom stereocenters. The number of aryl methyl sites for hydroxylation is 1. The lowest BCUT2D eigenvalue weighted by Crippen LogP contribution is -2.47. The SMILES string of the molecule is Cc1ccc(C(C)C)c(OCC(=O)NNC(=O)C(C)n2c(=O)oc3ccccc32)c1. The number of benzene rings is 2. The lowest BCUT2D eigenvalue weighted by atomic mass is 10.0. The van der Waals surface area contributed by atoms with Crippen molar-refractivity contribution < 1.29 is 18.7 Å². The lowest BCUT2D eigenvalue weighted by molar-refractivity contribution is -0.131. The van der Waals surface area contributed by atoms with E-state index in [0.29, 0.717) is 16.8 Å². The zero-order valence-electron chi connectivity index (χ0n) is 17.4. The van der Waals surface area contributed by atoms with E-state index in [1.165, 1.54) is 4.57 Å². The Morgan fingerprint density at radius 3 is 2.57 bits per heavy atom. The van der Waals surface area contributed by atoms with E-state index in [2.05, 4.69) is 10.9 Å². The van der Waals surface area contributed by atoms with Crippen molar-refractivity contribution in [2.24, 2.45) is 0 Å². The summed E-state index contributed by atoms with van der Waals surface area (Å²) >= 11 is 0. The predicted molar refractivity (Wildman–Crippen MR) is 112 cm³/mol. The number of nitrogens with zero attached hydrogens (tertiary/aromatic N) is 1. The normalized spacial score (nSPS) is 12.0. The van der Waals surface area contributed by atoms with Gasteiger partial charge in [-0.1, -0.05) is 38.1 Å². The molecule has 30 heavy (non-hydrogen) atoms. The molecule has 0 bridgehead atoms. The van der Waals surface area contributed by atoms with Crippen molar-refractivity contribution in [3.63, 3.8) is 0 Å². The Balaban J connectivity index is 1.60. The van der Waals surface area contributed by atoms with E-state index >= 15 is 0 Å². The maximum Gasteiger partial charge on any atom is 0.420 e. The quantitative estimate of drug-likeness (QED) is 0.607. The third-order valence-electron chi connectivity index (χ3n) is 4.76. The first kappa shape index (κ1) is 21.2. The fourth-order valence-corrected chi connectivity index (χ4v) is 3.13. The molecule has 8 heteroatoms. The van der Waals surface area contributed by atoms with Gasteiger partial charge < -0.3 is 9.15 Å². The van der Waals surface area contributed by atoms with Gasteiger partial charge in [-0.25, -0.2) is 4.79 Å². The maximum absolute atomic E-state index is 12.4. The van der Waals surface area contributed by atoms with Gasteiger partial charge in [-0.2, -0.15) is 0 Å². The molecule has 0 spiro atoms. The minimum atomic E-state index is -0.883. The summed E-state index contributed by atoms with van der Waals surface area (Å²) in [6, 6.07) is 11.8. The van der Waals surface area contributed by atoms with Crippen molar-refractivity contribution in [1.29, 1.82) is 0 Å². The molecule has 0 aliphatic rings. The molecule has 2 aromatic carbocycles. The molecule has 2 N–H and O–H groups in total. The van der Waals surface area contributed by atoms with E-state index in [0.717, 1.165) is 11.1 Å². The summed E-state index contributed by atoms with van der Waals surface area (Å²) in [5, 5.41) is 0. The van der Waals surface area contributed by atoms with Gasteiger partial charge in [0.1, 0.15) is 11.8 Å². The van der Waals surface area contributed by atoms with E-state index < -0.39 is 23.6 Å². The first-order valence-electron chi connectivity index (χ1n) is 9.70.